The molecule has 0 bridgehead atoms. The normalized spacial score (nSPS) is 13.0. The second-order valence-corrected chi connectivity index (χ2v) is 7.01. The minimum Gasteiger partial charge on any atom is -0.368 e. The van der Waals surface area contributed by atoms with Crippen LogP contribution in [-0.4, -0.2) is 29.1 Å². The van der Waals surface area contributed by atoms with Crippen molar-refractivity contribution in [2.24, 2.45) is 5.73 Å². The third kappa shape index (κ3) is 3.25. The largest absolute Gasteiger partial charge is 0.368 e. The van der Waals surface area contributed by atoms with Crippen LogP contribution in [0.5, 0.6) is 0 Å². The SMILES string of the molecule is Cc1cnc(-c2cc(Cl)ccc2F)cc1N1CN(CC(N)=O)c2cnccc21. The first-order valence-corrected chi connectivity index (χ1v) is 8.98. The molecular weight excluding hydrogens is 381 g/mol. The number of amides is 1. The lowest BCUT2D eigenvalue weighted by Gasteiger charge is -2.23. The number of nitrogens with two attached hydrogens (primary N) is 1. The number of aromatic nitrogens is 2. The molecule has 2 aromatic heterocycles. The minimum atomic E-state index is -0.426. The van der Waals surface area contributed by atoms with Crippen molar-refractivity contribution >= 4 is 34.6 Å². The smallest absolute Gasteiger partial charge is 0.237 e. The van der Waals surface area contributed by atoms with E-state index < -0.39 is 11.7 Å². The molecule has 0 unspecified atom stereocenters. The Morgan fingerprint density at radius 2 is 2.04 bits per heavy atom. The van der Waals surface area contributed by atoms with Crippen LogP contribution in [0.15, 0.2) is 48.9 Å². The highest BCUT2D eigenvalue weighted by Gasteiger charge is 2.29. The van der Waals surface area contributed by atoms with Crippen LogP contribution in [0.25, 0.3) is 11.3 Å². The van der Waals surface area contributed by atoms with Gasteiger partial charge in [0, 0.05) is 28.7 Å². The molecular formula is C20H17ClFN5O. The topological polar surface area (TPSA) is 75.3 Å². The number of primary amides is 1. The fourth-order valence-electron chi connectivity index (χ4n) is 3.35. The lowest BCUT2D eigenvalue weighted by Crippen LogP contribution is -2.35. The monoisotopic (exact) mass is 397 g/mol. The summed E-state index contributed by atoms with van der Waals surface area (Å²) in [7, 11) is 0. The Morgan fingerprint density at radius 3 is 2.82 bits per heavy atom. The summed E-state index contributed by atoms with van der Waals surface area (Å²) in [5.74, 6) is -0.821. The molecule has 1 aliphatic heterocycles. The summed E-state index contributed by atoms with van der Waals surface area (Å²) in [6.07, 6.45) is 5.09. The lowest BCUT2D eigenvalue weighted by molar-refractivity contribution is -0.116. The van der Waals surface area contributed by atoms with Crippen molar-refractivity contribution in [2.45, 2.75) is 6.92 Å². The maximum absolute atomic E-state index is 14.3. The van der Waals surface area contributed by atoms with Crippen LogP contribution < -0.4 is 15.5 Å². The number of aryl methyl sites for hydroxylation is 1. The van der Waals surface area contributed by atoms with E-state index in [-0.39, 0.29) is 6.54 Å². The molecule has 2 N–H and O–H groups in total. The number of anilines is 3. The van der Waals surface area contributed by atoms with Crippen LogP contribution in [0.2, 0.25) is 5.02 Å². The number of benzene rings is 1. The van der Waals surface area contributed by atoms with Gasteiger partial charge < -0.3 is 15.5 Å². The summed E-state index contributed by atoms with van der Waals surface area (Å²) >= 11 is 6.04. The number of hydrogen-bond acceptors (Lipinski definition) is 5. The molecule has 6 nitrogen and oxygen atoms in total. The molecule has 3 aromatic rings. The van der Waals surface area contributed by atoms with Crippen LogP contribution in [0.1, 0.15) is 5.56 Å². The maximum atomic E-state index is 14.3. The highest BCUT2D eigenvalue weighted by Crippen LogP contribution is 2.41. The summed E-state index contributed by atoms with van der Waals surface area (Å²) in [6.45, 7) is 2.43. The minimum absolute atomic E-state index is 0.0785. The van der Waals surface area contributed by atoms with Gasteiger partial charge in [0.2, 0.25) is 5.91 Å². The molecule has 8 heteroatoms. The average molecular weight is 398 g/mol. The number of halogens is 2. The van der Waals surface area contributed by atoms with Gasteiger partial charge in [0.1, 0.15) is 5.82 Å². The summed E-state index contributed by atoms with van der Waals surface area (Å²) in [4.78, 5) is 23.9. The molecule has 1 amide bonds. The molecule has 0 saturated heterocycles. The summed E-state index contributed by atoms with van der Waals surface area (Å²) < 4.78 is 14.3. The Balaban J connectivity index is 1.79. The van der Waals surface area contributed by atoms with Crippen LogP contribution in [0.4, 0.5) is 21.5 Å². The Morgan fingerprint density at radius 1 is 1.21 bits per heavy atom. The van der Waals surface area contributed by atoms with Gasteiger partial charge in [-0.1, -0.05) is 11.6 Å². The third-order valence-electron chi connectivity index (χ3n) is 4.64. The van der Waals surface area contributed by atoms with E-state index in [1.165, 1.54) is 12.1 Å². The molecule has 28 heavy (non-hydrogen) atoms. The quantitative estimate of drug-likeness (QED) is 0.727. The number of carbonyl (C=O) groups is 1. The van der Waals surface area contributed by atoms with Gasteiger partial charge in [-0.15, -0.1) is 0 Å². The van der Waals surface area contributed by atoms with E-state index in [9.17, 15) is 9.18 Å². The molecule has 0 saturated carbocycles. The second-order valence-electron chi connectivity index (χ2n) is 6.58. The average Bonchev–Trinajstić information content (AvgIpc) is 3.02. The summed E-state index contributed by atoms with van der Waals surface area (Å²) in [5, 5.41) is 0.436. The Hall–Kier alpha value is -3.19. The van der Waals surface area contributed by atoms with Crippen molar-refractivity contribution in [3.63, 3.8) is 0 Å². The molecule has 0 fully saturated rings. The van der Waals surface area contributed by atoms with E-state index in [1.54, 1.807) is 24.7 Å². The van der Waals surface area contributed by atoms with E-state index >= 15 is 0 Å². The van der Waals surface area contributed by atoms with Gasteiger partial charge in [0.05, 0.1) is 36.5 Å². The molecule has 3 heterocycles. The van der Waals surface area contributed by atoms with Crippen LogP contribution in [0, 0.1) is 12.7 Å². The Bertz CT molecular complexity index is 1070. The predicted octanol–water partition coefficient (Wildman–Crippen LogP) is 3.65. The molecule has 1 aliphatic rings. The number of carbonyl (C=O) groups excluding carboxylic acids is 1. The lowest BCUT2D eigenvalue weighted by atomic mass is 10.1. The van der Waals surface area contributed by atoms with E-state index in [2.05, 4.69) is 9.97 Å². The first-order valence-electron chi connectivity index (χ1n) is 8.61. The molecule has 0 radical (unpaired) electrons. The van der Waals surface area contributed by atoms with Crippen molar-refractivity contribution in [2.75, 3.05) is 23.0 Å². The highest BCUT2D eigenvalue weighted by molar-refractivity contribution is 6.30. The van der Waals surface area contributed by atoms with Crippen LogP contribution >= 0.6 is 11.6 Å². The molecule has 142 valence electrons. The number of fused-ring (bicyclic) bond motifs is 1. The van der Waals surface area contributed by atoms with Gasteiger partial charge in [-0.2, -0.15) is 0 Å². The number of rotatable bonds is 4. The van der Waals surface area contributed by atoms with E-state index in [0.29, 0.717) is 22.9 Å². The predicted molar refractivity (Wildman–Crippen MR) is 107 cm³/mol. The van der Waals surface area contributed by atoms with Crippen LogP contribution in [-0.2, 0) is 4.79 Å². The standard InChI is InChI=1S/C20H17ClFN5O/c1-12-8-25-16(14-6-13(21)2-3-15(14)22)7-18(12)27-11-26(10-20(23)28)19-9-24-5-4-17(19)27/h2-9H,10-11H2,1H3,(H2,23,28). The van der Waals surface area contributed by atoms with Crippen molar-refractivity contribution in [1.82, 2.24) is 9.97 Å². The molecule has 0 spiro atoms. The fourth-order valence-corrected chi connectivity index (χ4v) is 3.52. The zero-order chi connectivity index (χ0) is 19.8. The molecule has 0 aliphatic carbocycles. The number of pyridine rings is 2. The maximum Gasteiger partial charge on any atom is 0.237 e. The highest BCUT2D eigenvalue weighted by atomic mass is 35.5. The Kier molecular flexibility index (Phi) is 4.60. The Labute approximate surface area is 166 Å². The van der Waals surface area contributed by atoms with Crippen molar-refractivity contribution in [3.8, 4) is 11.3 Å². The van der Waals surface area contributed by atoms with Gasteiger partial charge in [-0.25, -0.2) is 4.39 Å². The van der Waals surface area contributed by atoms with E-state index in [4.69, 9.17) is 17.3 Å². The van der Waals surface area contributed by atoms with Gasteiger partial charge in [-0.3, -0.25) is 14.8 Å². The van der Waals surface area contributed by atoms with Gasteiger partial charge in [-0.05, 0) is 42.8 Å². The summed E-state index contributed by atoms with van der Waals surface area (Å²) in [6, 6.07) is 8.07. The van der Waals surface area contributed by atoms with Gasteiger partial charge in [0.15, 0.2) is 0 Å². The van der Waals surface area contributed by atoms with Crippen molar-refractivity contribution < 1.29 is 9.18 Å². The van der Waals surface area contributed by atoms with Crippen LogP contribution in [0.3, 0.4) is 0 Å². The number of hydrogen-bond donors (Lipinski definition) is 1. The molecule has 0 atom stereocenters. The fraction of sp³-hybridized carbons (Fsp3) is 0.150. The second kappa shape index (κ2) is 7.09. The third-order valence-corrected chi connectivity index (χ3v) is 4.87. The number of nitrogens with zero attached hydrogens (tertiary/aromatic N) is 4. The van der Waals surface area contributed by atoms with Gasteiger partial charge in [0.25, 0.3) is 0 Å². The van der Waals surface area contributed by atoms with Crippen molar-refractivity contribution in [3.05, 3.63) is 65.3 Å². The van der Waals surface area contributed by atoms with E-state index in [1.807, 2.05) is 28.9 Å². The van der Waals surface area contributed by atoms with Gasteiger partial charge >= 0.3 is 0 Å². The first kappa shape index (κ1) is 18.2. The van der Waals surface area contributed by atoms with E-state index in [0.717, 1.165) is 22.6 Å². The molecule has 1 aromatic carbocycles. The summed E-state index contributed by atoms with van der Waals surface area (Å²) in [5.41, 5.74) is 9.66. The first-order chi connectivity index (χ1) is 13.4. The zero-order valence-electron chi connectivity index (χ0n) is 15.1. The van der Waals surface area contributed by atoms with Crippen molar-refractivity contribution in [1.29, 1.82) is 0 Å². The molecule has 4 rings (SSSR count). The zero-order valence-corrected chi connectivity index (χ0v) is 15.8.